The number of benzene rings is 1. The van der Waals surface area contributed by atoms with E-state index in [2.05, 4.69) is 17.4 Å². The number of thiol groups is 1. The van der Waals surface area contributed by atoms with Gasteiger partial charge in [0.25, 0.3) is 0 Å². The minimum absolute atomic E-state index is 0.190. The maximum Gasteiger partial charge on any atom is 0.337 e. The van der Waals surface area contributed by atoms with Crippen molar-refractivity contribution in [3.63, 3.8) is 0 Å². The van der Waals surface area contributed by atoms with Gasteiger partial charge in [0.1, 0.15) is 0 Å². The average Bonchev–Trinajstić information content (AvgIpc) is 2.45. The van der Waals surface area contributed by atoms with Crippen LogP contribution in [0.25, 0.3) is 0 Å². The van der Waals surface area contributed by atoms with Crippen LogP contribution in [0.5, 0.6) is 11.5 Å². The second-order valence-corrected chi connectivity index (χ2v) is 5.47. The van der Waals surface area contributed by atoms with Gasteiger partial charge in [-0.15, -0.1) is 0 Å². The highest BCUT2D eigenvalue weighted by Gasteiger charge is 2.36. The van der Waals surface area contributed by atoms with E-state index >= 15 is 0 Å². The molecule has 1 aromatic rings. The third kappa shape index (κ3) is 3.03. The Hall–Kier alpha value is -1.36. The minimum Gasteiger partial charge on any atom is -0.493 e. The Kier molecular flexibility index (Phi) is 4.81. The van der Waals surface area contributed by atoms with Crippen molar-refractivity contribution in [2.45, 2.75) is 19.3 Å². The number of ether oxygens (including phenoxy) is 3. The van der Waals surface area contributed by atoms with Gasteiger partial charge in [0, 0.05) is 5.41 Å². The molecule has 4 nitrogen and oxygen atoms in total. The summed E-state index contributed by atoms with van der Waals surface area (Å²) >= 11 is 4.41. The van der Waals surface area contributed by atoms with Crippen LogP contribution in [0.4, 0.5) is 0 Å². The van der Waals surface area contributed by atoms with E-state index in [1.807, 2.05) is 0 Å². The number of carbonyl (C=O) groups is 1. The maximum atomic E-state index is 11.5. The molecule has 1 aliphatic rings. The highest BCUT2D eigenvalue weighted by molar-refractivity contribution is 7.80. The monoisotopic (exact) mass is 296 g/mol. The van der Waals surface area contributed by atoms with Gasteiger partial charge in [-0.2, -0.15) is 12.6 Å². The molecule has 20 heavy (non-hydrogen) atoms. The van der Waals surface area contributed by atoms with Crippen molar-refractivity contribution in [1.82, 2.24) is 0 Å². The molecule has 1 fully saturated rings. The average molecular weight is 296 g/mol. The zero-order chi connectivity index (χ0) is 14.6. The molecular weight excluding hydrogens is 276 g/mol. The molecule has 0 spiro atoms. The van der Waals surface area contributed by atoms with E-state index in [9.17, 15) is 4.79 Å². The largest absolute Gasteiger partial charge is 0.493 e. The first-order valence-corrected chi connectivity index (χ1v) is 7.27. The SMILES string of the molecule is COC(=O)c1ccc(OCC2(CS)CCC2)c(OC)c1. The van der Waals surface area contributed by atoms with Crippen molar-refractivity contribution >= 4 is 18.6 Å². The molecule has 0 saturated heterocycles. The first-order chi connectivity index (χ1) is 9.64. The predicted molar refractivity (Wildman–Crippen MR) is 80.0 cm³/mol. The summed E-state index contributed by atoms with van der Waals surface area (Å²) in [7, 11) is 2.91. The molecule has 1 aliphatic carbocycles. The van der Waals surface area contributed by atoms with Crippen molar-refractivity contribution < 1.29 is 19.0 Å². The normalized spacial score (nSPS) is 16.1. The van der Waals surface area contributed by atoms with Crippen LogP contribution in [0.1, 0.15) is 29.6 Å². The Morgan fingerprint density at radius 3 is 2.55 bits per heavy atom. The highest BCUT2D eigenvalue weighted by atomic mass is 32.1. The summed E-state index contributed by atoms with van der Waals surface area (Å²) in [6.45, 7) is 0.629. The zero-order valence-electron chi connectivity index (χ0n) is 11.8. The van der Waals surface area contributed by atoms with Crippen LogP contribution >= 0.6 is 12.6 Å². The summed E-state index contributed by atoms with van der Waals surface area (Å²) in [6, 6.07) is 5.06. The van der Waals surface area contributed by atoms with Crippen LogP contribution in [0.2, 0.25) is 0 Å². The highest BCUT2D eigenvalue weighted by Crippen LogP contribution is 2.42. The second-order valence-electron chi connectivity index (χ2n) is 5.16. The van der Waals surface area contributed by atoms with Gasteiger partial charge in [-0.3, -0.25) is 0 Å². The lowest BCUT2D eigenvalue weighted by molar-refractivity contribution is 0.0599. The Morgan fingerprint density at radius 2 is 2.05 bits per heavy atom. The third-order valence-electron chi connectivity index (χ3n) is 3.87. The molecule has 0 unspecified atom stereocenters. The Labute approximate surface area is 124 Å². The van der Waals surface area contributed by atoms with Crippen molar-refractivity contribution in [2.75, 3.05) is 26.6 Å². The first kappa shape index (κ1) is 15.0. The fourth-order valence-electron chi connectivity index (χ4n) is 2.29. The van der Waals surface area contributed by atoms with Gasteiger partial charge in [0.05, 0.1) is 26.4 Å². The number of carbonyl (C=O) groups excluding carboxylic acids is 1. The molecule has 2 rings (SSSR count). The van der Waals surface area contributed by atoms with E-state index in [-0.39, 0.29) is 11.4 Å². The van der Waals surface area contributed by atoms with Crippen molar-refractivity contribution in [2.24, 2.45) is 5.41 Å². The molecule has 110 valence electrons. The summed E-state index contributed by atoms with van der Waals surface area (Å²) in [4.78, 5) is 11.5. The van der Waals surface area contributed by atoms with Gasteiger partial charge >= 0.3 is 5.97 Å². The molecule has 0 aromatic heterocycles. The standard InChI is InChI=1S/C15H20O4S/c1-17-13-8-11(14(16)18-2)4-5-12(13)19-9-15(10-20)6-3-7-15/h4-5,8,20H,3,6-7,9-10H2,1-2H3. The molecule has 0 N–H and O–H groups in total. The van der Waals surface area contributed by atoms with Crippen LogP contribution in [-0.2, 0) is 4.74 Å². The lowest BCUT2D eigenvalue weighted by Crippen LogP contribution is -2.37. The molecule has 1 aromatic carbocycles. The number of methoxy groups -OCH3 is 2. The van der Waals surface area contributed by atoms with E-state index in [0.717, 1.165) is 18.6 Å². The van der Waals surface area contributed by atoms with Gasteiger partial charge in [0.2, 0.25) is 0 Å². The summed E-state index contributed by atoms with van der Waals surface area (Å²) < 4.78 is 15.8. The van der Waals surface area contributed by atoms with Crippen LogP contribution in [-0.4, -0.2) is 32.5 Å². The summed E-state index contributed by atoms with van der Waals surface area (Å²) in [5, 5.41) is 0. The lowest BCUT2D eigenvalue weighted by atomic mass is 9.71. The van der Waals surface area contributed by atoms with Crippen LogP contribution in [0.15, 0.2) is 18.2 Å². The maximum absolute atomic E-state index is 11.5. The van der Waals surface area contributed by atoms with Gasteiger partial charge in [-0.25, -0.2) is 4.79 Å². The van der Waals surface area contributed by atoms with Crippen molar-refractivity contribution in [3.8, 4) is 11.5 Å². The van der Waals surface area contributed by atoms with Crippen molar-refractivity contribution in [3.05, 3.63) is 23.8 Å². The van der Waals surface area contributed by atoms with E-state index in [1.165, 1.54) is 13.5 Å². The fourth-order valence-corrected chi connectivity index (χ4v) is 2.69. The molecule has 0 amide bonds. The van der Waals surface area contributed by atoms with Gasteiger partial charge < -0.3 is 14.2 Å². The Morgan fingerprint density at radius 1 is 1.30 bits per heavy atom. The lowest BCUT2D eigenvalue weighted by Gasteiger charge is -2.40. The van der Waals surface area contributed by atoms with E-state index in [1.54, 1.807) is 25.3 Å². The second kappa shape index (κ2) is 6.39. The van der Waals surface area contributed by atoms with Gasteiger partial charge in [0.15, 0.2) is 11.5 Å². The molecule has 0 atom stereocenters. The van der Waals surface area contributed by atoms with E-state index in [4.69, 9.17) is 9.47 Å². The zero-order valence-corrected chi connectivity index (χ0v) is 12.7. The Balaban J connectivity index is 2.09. The topological polar surface area (TPSA) is 44.8 Å². The predicted octanol–water partition coefficient (Wildman–Crippen LogP) is 2.96. The van der Waals surface area contributed by atoms with E-state index in [0.29, 0.717) is 23.7 Å². The Bertz CT molecular complexity index is 477. The first-order valence-electron chi connectivity index (χ1n) is 6.64. The third-order valence-corrected chi connectivity index (χ3v) is 4.54. The fraction of sp³-hybridized carbons (Fsp3) is 0.533. The number of esters is 1. The van der Waals surface area contributed by atoms with Crippen molar-refractivity contribution in [1.29, 1.82) is 0 Å². The summed E-state index contributed by atoms with van der Waals surface area (Å²) in [5.74, 6) is 1.63. The molecule has 0 radical (unpaired) electrons. The summed E-state index contributed by atoms with van der Waals surface area (Å²) in [5.41, 5.74) is 0.638. The number of rotatable bonds is 6. The van der Waals surface area contributed by atoms with E-state index < -0.39 is 0 Å². The molecule has 0 bridgehead atoms. The number of hydrogen-bond donors (Lipinski definition) is 1. The number of hydrogen-bond acceptors (Lipinski definition) is 5. The van der Waals surface area contributed by atoms with Gasteiger partial charge in [-0.1, -0.05) is 6.42 Å². The van der Waals surface area contributed by atoms with Gasteiger partial charge in [-0.05, 0) is 36.8 Å². The van der Waals surface area contributed by atoms with Crippen LogP contribution in [0.3, 0.4) is 0 Å². The van der Waals surface area contributed by atoms with Crippen LogP contribution < -0.4 is 9.47 Å². The molecule has 0 aliphatic heterocycles. The van der Waals surface area contributed by atoms with Crippen LogP contribution in [0, 0.1) is 5.41 Å². The quantitative estimate of drug-likeness (QED) is 0.647. The minimum atomic E-state index is -0.388. The molecule has 1 saturated carbocycles. The summed E-state index contributed by atoms with van der Waals surface area (Å²) in [6.07, 6.45) is 3.54. The smallest absolute Gasteiger partial charge is 0.337 e. The molecule has 0 heterocycles. The molecule has 5 heteroatoms. The molecular formula is C15H20O4S.